The number of hydrogen-bond acceptors (Lipinski definition) is 3. The Hall–Kier alpha value is -1.98. The number of hydrogen-bond donors (Lipinski definition) is 1. The fraction of sp³-hybridized carbons (Fsp3) is 0.417. The predicted octanol–water partition coefficient (Wildman–Crippen LogP) is 5.46. The lowest BCUT2D eigenvalue weighted by atomic mass is 10.0. The van der Waals surface area contributed by atoms with Gasteiger partial charge in [0.1, 0.15) is 6.04 Å². The molecule has 2 aromatic rings. The summed E-state index contributed by atoms with van der Waals surface area (Å²) in [5.74, 6) is 0.0739. The SMILES string of the molecule is CC[C@@H](C(=O)NC(C)(C)C)N(Cc1ccccc1C)C(=O)CSc1ccc(Cl)cc1. The third-order valence-electron chi connectivity index (χ3n) is 4.66. The topological polar surface area (TPSA) is 49.4 Å². The van der Waals surface area contributed by atoms with Crippen molar-refractivity contribution in [3.63, 3.8) is 0 Å². The first kappa shape index (κ1) is 24.3. The molecule has 0 saturated carbocycles. The van der Waals surface area contributed by atoms with Gasteiger partial charge in [-0.25, -0.2) is 0 Å². The molecular weight excluding hydrogens is 416 g/mol. The fourth-order valence-electron chi connectivity index (χ4n) is 3.10. The summed E-state index contributed by atoms with van der Waals surface area (Å²) in [6, 6.07) is 14.9. The zero-order chi connectivity index (χ0) is 22.3. The highest BCUT2D eigenvalue weighted by Crippen LogP contribution is 2.23. The van der Waals surface area contributed by atoms with Crippen LogP contribution in [-0.2, 0) is 16.1 Å². The van der Waals surface area contributed by atoms with Crippen LogP contribution in [0.15, 0.2) is 53.4 Å². The minimum atomic E-state index is -0.526. The van der Waals surface area contributed by atoms with Crippen molar-refractivity contribution in [2.75, 3.05) is 5.75 Å². The molecule has 4 nitrogen and oxygen atoms in total. The molecule has 2 aromatic carbocycles. The molecule has 2 rings (SSSR count). The van der Waals surface area contributed by atoms with E-state index in [9.17, 15) is 9.59 Å². The quantitative estimate of drug-likeness (QED) is 0.547. The molecule has 6 heteroatoms. The normalized spacial score (nSPS) is 12.3. The van der Waals surface area contributed by atoms with Crippen molar-refractivity contribution in [3.8, 4) is 0 Å². The Kier molecular flexibility index (Phi) is 8.80. The van der Waals surface area contributed by atoms with Crippen molar-refractivity contribution in [3.05, 3.63) is 64.7 Å². The monoisotopic (exact) mass is 446 g/mol. The maximum atomic E-state index is 13.3. The highest BCUT2D eigenvalue weighted by Gasteiger charge is 2.30. The number of thioether (sulfide) groups is 1. The van der Waals surface area contributed by atoms with Gasteiger partial charge in [0.15, 0.2) is 0 Å². The number of aryl methyl sites for hydroxylation is 1. The van der Waals surface area contributed by atoms with Gasteiger partial charge in [-0.3, -0.25) is 9.59 Å². The van der Waals surface area contributed by atoms with Gasteiger partial charge in [-0.15, -0.1) is 11.8 Å². The summed E-state index contributed by atoms with van der Waals surface area (Å²) in [6.07, 6.45) is 0.547. The van der Waals surface area contributed by atoms with Crippen molar-refractivity contribution < 1.29 is 9.59 Å². The molecule has 1 N–H and O–H groups in total. The molecule has 162 valence electrons. The Morgan fingerprint density at radius 1 is 1.10 bits per heavy atom. The first-order valence-electron chi connectivity index (χ1n) is 10.1. The van der Waals surface area contributed by atoms with Crippen LogP contribution in [0.4, 0.5) is 0 Å². The highest BCUT2D eigenvalue weighted by molar-refractivity contribution is 8.00. The average molecular weight is 447 g/mol. The Morgan fingerprint density at radius 2 is 1.73 bits per heavy atom. The van der Waals surface area contributed by atoms with Gasteiger partial charge in [-0.2, -0.15) is 0 Å². The van der Waals surface area contributed by atoms with Crippen LogP contribution in [0.25, 0.3) is 0 Å². The van der Waals surface area contributed by atoms with E-state index in [1.165, 1.54) is 11.8 Å². The van der Waals surface area contributed by atoms with Crippen LogP contribution in [0.1, 0.15) is 45.2 Å². The standard InChI is InChI=1S/C24H31ClN2O2S/c1-6-21(23(29)26-24(3,4)5)27(15-18-10-8-7-9-17(18)2)22(28)16-30-20-13-11-19(25)12-14-20/h7-14,21H,6,15-16H2,1-5H3,(H,26,29)/t21-/m0/s1. The first-order valence-corrected chi connectivity index (χ1v) is 11.5. The van der Waals surface area contributed by atoms with Crippen LogP contribution in [0, 0.1) is 6.92 Å². The van der Waals surface area contributed by atoms with E-state index in [4.69, 9.17) is 11.6 Å². The number of nitrogens with one attached hydrogen (secondary N) is 1. The van der Waals surface area contributed by atoms with Crippen LogP contribution < -0.4 is 5.32 Å². The molecule has 0 unspecified atom stereocenters. The largest absolute Gasteiger partial charge is 0.350 e. The van der Waals surface area contributed by atoms with Crippen molar-refractivity contribution in [1.29, 1.82) is 0 Å². The second-order valence-electron chi connectivity index (χ2n) is 8.35. The van der Waals surface area contributed by atoms with Crippen LogP contribution in [0.2, 0.25) is 5.02 Å². The Balaban J connectivity index is 2.24. The van der Waals surface area contributed by atoms with Crippen LogP contribution in [0.5, 0.6) is 0 Å². The second kappa shape index (κ2) is 10.9. The molecule has 0 aromatic heterocycles. The van der Waals surface area contributed by atoms with Crippen LogP contribution >= 0.6 is 23.4 Å². The molecule has 0 saturated heterocycles. The minimum absolute atomic E-state index is 0.0610. The van der Waals surface area contributed by atoms with E-state index in [1.54, 1.807) is 4.90 Å². The van der Waals surface area contributed by atoms with Crippen LogP contribution in [-0.4, -0.2) is 34.0 Å². The fourth-order valence-corrected chi connectivity index (χ4v) is 4.01. The molecule has 0 fully saturated rings. The number of rotatable bonds is 8. The van der Waals surface area contributed by atoms with Crippen molar-refractivity contribution in [2.45, 2.75) is 64.1 Å². The van der Waals surface area contributed by atoms with Gasteiger partial charge in [0.25, 0.3) is 0 Å². The van der Waals surface area contributed by atoms with E-state index < -0.39 is 6.04 Å². The lowest BCUT2D eigenvalue weighted by molar-refractivity contribution is -0.140. The van der Waals surface area contributed by atoms with E-state index in [0.29, 0.717) is 18.0 Å². The smallest absolute Gasteiger partial charge is 0.243 e. The number of carbonyl (C=O) groups excluding carboxylic acids is 2. The number of nitrogens with zero attached hydrogens (tertiary/aromatic N) is 1. The third-order valence-corrected chi connectivity index (χ3v) is 5.91. The third kappa shape index (κ3) is 7.37. The minimum Gasteiger partial charge on any atom is -0.350 e. The highest BCUT2D eigenvalue weighted by atomic mass is 35.5. The van der Waals surface area contributed by atoms with Crippen molar-refractivity contribution in [2.24, 2.45) is 0 Å². The van der Waals surface area contributed by atoms with Crippen molar-refractivity contribution >= 4 is 35.2 Å². The molecule has 30 heavy (non-hydrogen) atoms. The van der Waals surface area contributed by atoms with E-state index in [0.717, 1.165) is 16.0 Å². The maximum Gasteiger partial charge on any atom is 0.243 e. The molecule has 0 bridgehead atoms. The summed E-state index contributed by atoms with van der Waals surface area (Å²) >= 11 is 7.40. The molecule has 1 atom stereocenters. The first-order chi connectivity index (χ1) is 14.1. The Labute approximate surface area is 189 Å². The molecule has 2 amide bonds. The Bertz CT molecular complexity index is 862. The summed E-state index contributed by atoms with van der Waals surface area (Å²) in [5.41, 5.74) is 1.79. The van der Waals surface area contributed by atoms with Gasteiger partial charge in [0.05, 0.1) is 5.75 Å². The van der Waals surface area contributed by atoms with E-state index >= 15 is 0 Å². The van der Waals surface area contributed by atoms with Gasteiger partial charge in [0.2, 0.25) is 11.8 Å². The Morgan fingerprint density at radius 3 is 2.30 bits per heavy atom. The average Bonchev–Trinajstić information content (AvgIpc) is 2.67. The number of halogens is 1. The summed E-state index contributed by atoms with van der Waals surface area (Å²) in [7, 11) is 0. The predicted molar refractivity (Wildman–Crippen MR) is 126 cm³/mol. The number of amides is 2. The summed E-state index contributed by atoms with van der Waals surface area (Å²) in [6.45, 7) is 10.2. The van der Waals surface area contributed by atoms with E-state index in [2.05, 4.69) is 5.32 Å². The molecular formula is C24H31ClN2O2S. The van der Waals surface area contributed by atoms with Crippen LogP contribution in [0.3, 0.4) is 0 Å². The summed E-state index contributed by atoms with van der Waals surface area (Å²) in [5, 5.41) is 3.70. The maximum absolute atomic E-state index is 13.3. The lowest BCUT2D eigenvalue weighted by Gasteiger charge is -2.33. The molecule has 0 radical (unpaired) electrons. The van der Waals surface area contributed by atoms with Gasteiger partial charge in [-0.1, -0.05) is 42.8 Å². The van der Waals surface area contributed by atoms with Gasteiger partial charge >= 0.3 is 0 Å². The summed E-state index contributed by atoms with van der Waals surface area (Å²) < 4.78 is 0. The van der Waals surface area contributed by atoms with E-state index in [-0.39, 0.29) is 23.1 Å². The van der Waals surface area contributed by atoms with E-state index in [1.807, 2.05) is 83.1 Å². The zero-order valence-corrected chi connectivity index (χ0v) is 19.9. The molecule has 0 heterocycles. The molecule has 0 spiro atoms. The molecule has 0 aliphatic heterocycles. The molecule has 0 aliphatic rings. The van der Waals surface area contributed by atoms with Gasteiger partial charge in [0, 0.05) is 22.0 Å². The summed E-state index contributed by atoms with van der Waals surface area (Å²) in [4.78, 5) is 28.9. The van der Waals surface area contributed by atoms with Gasteiger partial charge < -0.3 is 10.2 Å². The van der Waals surface area contributed by atoms with Crippen molar-refractivity contribution in [1.82, 2.24) is 10.2 Å². The second-order valence-corrected chi connectivity index (χ2v) is 9.84. The molecule has 0 aliphatic carbocycles. The number of carbonyl (C=O) groups is 2. The zero-order valence-electron chi connectivity index (χ0n) is 18.4. The van der Waals surface area contributed by atoms with Gasteiger partial charge in [-0.05, 0) is 69.5 Å². The lowest BCUT2D eigenvalue weighted by Crippen LogP contribution is -2.53. The number of benzene rings is 2.